The average molecular weight is 287 g/mol. The van der Waals surface area contributed by atoms with Crippen LogP contribution in [0.4, 0.5) is 17.1 Å². The Balaban J connectivity index is 2.35. The first kappa shape index (κ1) is 14.9. The number of nitrogens with one attached hydrogen (secondary N) is 1. The molecule has 0 atom stereocenters. The van der Waals surface area contributed by atoms with Crippen molar-refractivity contribution in [3.8, 4) is 0 Å². The first-order valence-corrected chi connectivity index (χ1v) is 6.83. The van der Waals surface area contributed by atoms with Crippen molar-refractivity contribution >= 4 is 23.0 Å². The van der Waals surface area contributed by atoms with Crippen molar-refractivity contribution in [2.24, 2.45) is 7.05 Å². The van der Waals surface area contributed by atoms with E-state index in [1.807, 2.05) is 20.2 Å². The summed E-state index contributed by atoms with van der Waals surface area (Å²) in [7, 11) is 5.32. The van der Waals surface area contributed by atoms with Crippen molar-refractivity contribution in [1.29, 1.82) is 0 Å². The lowest BCUT2D eigenvalue weighted by atomic mass is 10.1. The van der Waals surface area contributed by atoms with E-state index in [-0.39, 0.29) is 5.91 Å². The summed E-state index contributed by atoms with van der Waals surface area (Å²) >= 11 is 0. The molecule has 21 heavy (non-hydrogen) atoms. The van der Waals surface area contributed by atoms with E-state index in [4.69, 9.17) is 5.73 Å². The van der Waals surface area contributed by atoms with Crippen molar-refractivity contribution in [3.05, 3.63) is 35.7 Å². The Hall–Kier alpha value is -2.50. The second kappa shape index (κ2) is 5.87. The highest BCUT2D eigenvalue weighted by molar-refractivity contribution is 5.96. The molecule has 0 radical (unpaired) electrons. The van der Waals surface area contributed by atoms with Crippen LogP contribution < -0.4 is 11.1 Å². The zero-order chi connectivity index (χ0) is 15.6. The van der Waals surface area contributed by atoms with Crippen molar-refractivity contribution in [1.82, 2.24) is 14.7 Å². The highest BCUT2D eigenvalue weighted by Gasteiger charge is 2.12. The van der Waals surface area contributed by atoms with E-state index in [1.165, 1.54) is 4.90 Å². The van der Waals surface area contributed by atoms with Gasteiger partial charge in [0.25, 0.3) is 5.91 Å². The molecule has 3 N–H and O–H groups in total. The maximum absolute atomic E-state index is 12.0. The van der Waals surface area contributed by atoms with E-state index in [2.05, 4.69) is 10.4 Å². The largest absolute Gasteiger partial charge is 0.397 e. The van der Waals surface area contributed by atoms with Gasteiger partial charge in [0, 0.05) is 32.9 Å². The molecular weight excluding hydrogens is 266 g/mol. The lowest BCUT2D eigenvalue weighted by Gasteiger charge is -2.13. The minimum atomic E-state index is -0.0556. The number of nitrogens with zero attached hydrogens (tertiary/aromatic N) is 3. The normalized spacial score (nSPS) is 10.5. The summed E-state index contributed by atoms with van der Waals surface area (Å²) in [5.74, 6) is -0.0556. The highest BCUT2D eigenvalue weighted by atomic mass is 16.2. The summed E-state index contributed by atoms with van der Waals surface area (Å²) in [6.07, 6.45) is 2.72. The van der Waals surface area contributed by atoms with Gasteiger partial charge in [-0.25, -0.2) is 0 Å². The molecule has 0 fully saturated rings. The summed E-state index contributed by atoms with van der Waals surface area (Å²) in [4.78, 5) is 13.6. The fourth-order valence-corrected chi connectivity index (χ4v) is 2.10. The van der Waals surface area contributed by atoms with Crippen LogP contribution in [0.1, 0.15) is 23.0 Å². The number of nitrogens with two attached hydrogens (primary N) is 1. The minimum absolute atomic E-state index is 0.0556. The van der Waals surface area contributed by atoms with E-state index < -0.39 is 0 Å². The van der Waals surface area contributed by atoms with Crippen LogP contribution in [0.3, 0.4) is 0 Å². The molecule has 0 aliphatic heterocycles. The Kier molecular flexibility index (Phi) is 4.16. The molecule has 0 unspecified atom stereocenters. The maximum Gasteiger partial charge on any atom is 0.253 e. The third-order valence-electron chi connectivity index (χ3n) is 3.22. The molecule has 2 rings (SSSR count). The number of nitrogen functional groups attached to an aromatic ring is 1. The number of hydrogen-bond donors (Lipinski definition) is 2. The van der Waals surface area contributed by atoms with E-state index in [1.54, 1.807) is 37.0 Å². The van der Waals surface area contributed by atoms with Gasteiger partial charge >= 0.3 is 0 Å². The number of aromatic nitrogens is 2. The molecule has 2 aromatic rings. The Bertz CT molecular complexity index is 660. The second-order valence-electron chi connectivity index (χ2n) is 5.14. The molecule has 0 aliphatic carbocycles. The number of carbonyl (C=O) groups is 1. The first-order chi connectivity index (χ1) is 9.92. The summed E-state index contributed by atoms with van der Waals surface area (Å²) in [6, 6.07) is 5.23. The summed E-state index contributed by atoms with van der Waals surface area (Å²) in [5.41, 5.74) is 9.76. The number of benzene rings is 1. The quantitative estimate of drug-likeness (QED) is 0.843. The molecule has 112 valence electrons. The van der Waals surface area contributed by atoms with Crippen LogP contribution in [-0.4, -0.2) is 34.7 Å². The lowest BCUT2D eigenvalue weighted by molar-refractivity contribution is 0.0827. The summed E-state index contributed by atoms with van der Waals surface area (Å²) < 4.78 is 1.76. The topological polar surface area (TPSA) is 76.2 Å². The standard InChI is InChI=1S/C15H21N5O/c1-5-12-14(9-20(4)18-12)17-13-8-10(6-7-11(13)16)15(21)19(2)3/h6-9,17H,5,16H2,1-4H3. The second-order valence-corrected chi connectivity index (χ2v) is 5.14. The monoisotopic (exact) mass is 287 g/mol. The smallest absolute Gasteiger partial charge is 0.253 e. The number of carbonyl (C=O) groups excluding carboxylic acids is 1. The van der Waals surface area contributed by atoms with Crippen LogP contribution in [-0.2, 0) is 13.5 Å². The van der Waals surface area contributed by atoms with Gasteiger partial charge in [-0.1, -0.05) is 6.92 Å². The van der Waals surface area contributed by atoms with Crippen LogP contribution in [0, 0.1) is 0 Å². The predicted octanol–water partition coefficient (Wildman–Crippen LogP) is 2.01. The molecule has 0 aliphatic rings. The van der Waals surface area contributed by atoms with Gasteiger partial charge < -0.3 is 16.0 Å². The SMILES string of the molecule is CCc1nn(C)cc1Nc1cc(C(=O)N(C)C)ccc1N. The van der Waals surface area contributed by atoms with E-state index in [9.17, 15) is 4.79 Å². The molecule has 0 saturated carbocycles. The highest BCUT2D eigenvalue weighted by Crippen LogP contribution is 2.26. The van der Waals surface area contributed by atoms with E-state index >= 15 is 0 Å². The van der Waals surface area contributed by atoms with Crippen LogP contribution in [0.2, 0.25) is 0 Å². The van der Waals surface area contributed by atoms with Gasteiger partial charge in [-0.05, 0) is 24.6 Å². The average Bonchev–Trinajstić information content (AvgIpc) is 2.80. The first-order valence-electron chi connectivity index (χ1n) is 6.83. The molecule has 1 amide bonds. The molecule has 1 heterocycles. The zero-order valence-corrected chi connectivity index (χ0v) is 12.8. The van der Waals surface area contributed by atoms with Gasteiger partial charge in [-0.2, -0.15) is 5.10 Å². The van der Waals surface area contributed by atoms with Crippen molar-refractivity contribution in [2.75, 3.05) is 25.1 Å². The number of anilines is 3. The maximum atomic E-state index is 12.0. The van der Waals surface area contributed by atoms with Crippen molar-refractivity contribution < 1.29 is 4.79 Å². The fourth-order valence-electron chi connectivity index (χ4n) is 2.10. The van der Waals surface area contributed by atoms with Gasteiger partial charge in [0.15, 0.2) is 0 Å². The molecule has 6 nitrogen and oxygen atoms in total. The number of rotatable bonds is 4. The molecule has 1 aromatic heterocycles. The zero-order valence-electron chi connectivity index (χ0n) is 12.8. The minimum Gasteiger partial charge on any atom is -0.397 e. The summed E-state index contributed by atoms with van der Waals surface area (Å²) in [5, 5.41) is 7.65. The summed E-state index contributed by atoms with van der Waals surface area (Å²) in [6.45, 7) is 2.04. The molecule has 0 saturated heterocycles. The third kappa shape index (κ3) is 3.16. The van der Waals surface area contributed by atoms with Crippen molar-refractivity contribution in [2.45, 2.75) is 13.3 Å². The van der Waals surface area contributed by atoms with Crippen LogP contribution in [0.15, 0.2) is 24.4 Å². The van der Waals surface area contributed by atoms with E-state index in [0.717, 1.165) is 17.8 Å². The Morgan fingerprint density at radius 1 is 1.38 bits per heavy atom. The van der Waals surface area contributed by atoms with Crippen LogP contribution in [0.25, 0.3) is 0 Å². The molecule has 0 spiro atoms. The number of amides is 1. The Labute approximate surface area is 124 Å². The van der Waals surface area contributed by atoms with Gasteiger partial charge in [0.2, 0.25) is 0 Å². The molecular formula is C15H21N5O. The van der Waals surface area contributed by atoms with Gasteiger partial charge in [-0.15, -0.1) is 0 Å². The van der Waals surface area contributed by atoms with Gasteiger partial charge in [0.05, 0.1) is 22.8 Å². The number of aryl methyl sites for hydroxylation is 2. The lowest BCUT2D eigenvalue weighted by Crippen LogP contribution is -2.21. The third-order valence-corrected chi connectivity index (χ3v) is 3.22. The molecule has 6 heteroatoms. The molecule has 1 aromatic carbocycles. The van der Waals surface area contributed by atoms with Gasteiger partial charge in [0.1, 0.15) is 0 Å². The van der Waals surface area contributed by atoms with Crippen LogP contribution in [0.5, 0.6) is 0 Å². The Morgan fingerprint density at radius 3 is 2.71 bits per heavy atom. The molecule has 0 bridgehead atoms. The van der Waals surface area contributed by atoms with Gasteiger partial charge in [-0.3, -0.25) is 9.48 Å². The predicted molar refractivity (Wildman–Crippen MR) is 84.7 cm³/mol. The Morgan fingerprint density at radius 2 is 2.10 bits per heavy atom. The number of hydrogen-bond acceptors (Lipinski definition) is 4. The van der Waals surface area contributed by atoms with E-state index in [0.29, 0.717) is 16.9 Å². The van der Waals surface area contributed by atoms with Crippen LogP contribution >= 0.6 is 0 Å². The van der Waals surface area contributed by atoms with Crippen molar-refractivity contribution in [3.63, 3.8) is 0 Å². The fraction of sp³-hybridized carbons (Fsp3) is 0.333.